The Morgan fingerprint density at radius 3 is 2.43 bits per heavy atom. The number of nitrogens with one attached hydrogen (secondary N) is 1. The summed E-state index contributed by atoms with van der Waals surface area (Å²) in [6.45, 7) is 4.61. The lowest BCUT2D eigenvalue weighted by Crippen LogP contribution is -2.61. The molecule has 1 heterocycles. The number of piperazine rings is 1. The summed E-state index contributed by atoms with van der Waals surface area (Å²) in [5.74, 6) is -0.742. The molecule has 1 saturated heterocycles. The number of hydrogen-bond donors (Lipinski definition) is 1. The lowest BCUT2D eigenvalue weighted by atomic mass is 10.0. The number of rotatable bonds is 6. The molecule has 35 heavy (non-hydrogen) atoms. The van der Waals surface area contributed by atoms with Crippen molar-refractivity contribution in [3.05, 3.63) is 64.2 Å². The Labute approximate surface area is 202 Å². The molecule has 186 valence electrons. The van der Waals surface area contributed by atoms with Crippen LogP contribution in [0, 0.1) is 25.2 Å². The summed E-state index contributed by atoms with van der Waals surface area (Å²) in [6, 6.07) is 9.54. The second-order valence-electron chi connectivity index (χ2n) is 8.46. The number of alkyl halides is 3. The monoisotopic (exact) mass is 488 g/mol. The first kappa shape index (κ1) is 26.0. The first-order valence-corrected chi connectivity index (χ1v) is 11.1. The quantitative estimate of drug-likeness (QED) is 0.631. The molecule has 0 spiro atoms. The van der Waals surface area contributed by atoms with Gasteiger partial charge >= 0.3 is 6.18 Å². The van der Waals surface area contributed by atoms with Gasteiger partial charge in [0, 0.05) is 44.5 Å². The Hall–Kier alpha value is -3.58. The molecule has 0 radical (unpaired) electrons. The number of ether oxygens (including phenoxy) is 1. The molecule has 1 atom stereocenters. The van der Waals surface area contributed by atoms with E-state index in [9.17, 15) is 22.8 Å². The van der Waals surface area contributed by atoms with Crippen molar-refractivity contribution >= 4 is 17.5 Å². The van der Waals surface area contributed by atoms with Gasteiger partial charge in [-0.05, 0) is 44.2 Å². The maximum Gasteiger partial charge on any atom is 0.417 e. The number of anilines is 1. The van der Waals surface area contributed by atoms with Crippen LogP contribution in [0.4, 0.5) is 18.9 Å². The van der Waals surface area contributed by atoms with E-state index < -0.39 is 29.3 Å². The molecule has 1 unspecified atom stereocenters. The van der Waals surface area contributed by atoms with E-state index in [2.05, 4.69) is 5.32 Å². The third kappa shape index (κ3) is 6.11. The van der Waals surface area contributed by atoms with Crippen molar-refractivity contribution in [1.29, 1.82) is 5.26 Å². The number of carbonyl (C=O) groups excluding carboxylic acids is 2. The fraction of sp³-hybridized carbons (Fsp3) is 0.400. The summed E-state index contributed by atoms with van der Waals surface area (Å²) in [5.41, 5.74) is 0.981. The van der Waals surface area contributed by atoms with Crippen molar-refractivity contribution in [3.63, 3.8) is 0 Å². The zero-order valence-corrected chi connectivity index (χ0v) is 19.8. The number of halogens is 3. The molecule has 2 aromatic rings. The molecule has 1 aliphatic rings. The van der Waals surface area contributed by atoms with E-state index in [0.717, 1.165) is 23.3 Å². The van der Waals surface area contributed by atoms with E-state index in [0.29, 0.717) is 5.56 Å². The van der Waals surface area contributed by atoms with Gasteiger partial charge in [-0.15, -0.1) is 0 Å². The standard InChI is InChI=1S/C25H27F3N4O3/c1-16-10-17(2)12-19(11-16)24(34)32-8-7-31(15-22(32)23(33)30-6-9-35-3)20-5-4-18(14-29)21(13-20)25(26,27)28/h4-5,10-13,22H,6-9,15H2,1-3H3,(H,30,33). The van der Waals surface area contributed by atoms with E-state index >= 15 is 0 Å². The van der Waals surface area contributed by atoms with Gasteiger partial charge in [0.1, 0.15) is 6.04 Å². The van der Waals surface area contributed by atoms with Gasteiger partial charge in [-0.3, -0.25) is 9.59 Å². The Kier molecular flexibility index (Phi) is 8.02. The van der Waals surface area contributed by atoms with Gasteiger partial charge in [0.05, 0.1) is 23.8 Å². The fourth-order valence-corrected chi connectivity index (χ4v) is 4.20. The molecular formula is C25H27F3N4O3. The third-order valence-corrected chi connectivity index (χ3v) is 5.81. The topological polar surface area (TPSA) is 85.7 Å². The molecule has 0 bridgehead atoms. The molecule has 3 rings (SSSR count). The van der Waals surface area contributed by atoms with Crippen molar-refractivity contribution in [2.24, 2.45) is 0 Å². The highest BCUT2D eigenvalue weighted by Gasteiger charge is 2.38. The van der Waals surface area contributed by atoms with Crippen LogP contribution in [-0.2, 0) is 15.7 Å². The zero-order chi connectivity index (χ0) is 25.8. The lowest BCUT2D eigenvalue weighted by molar-refractivity contribution is -0.137. The SMILES string of the molecule is COCCNC(=O)C1CN(c2ccc(C#N)c(C(F)(F)F)c2)CCN1C(=O)c1cc(C)cc(C)c1. The van der Waals surface area contributed by atoms with Gasteiger partial charge in [-0.25, -0.2) is 0 Å². The largest absolute Gasteiger partial charge is 0.417 e. The van der Waals surface area contributed by atoms with Crippen molar-refractivity contribution in [2.45, 2.75) is 26.1 Å². The van der Waals surface area contributed by atoms with Crippen LogP contribution in [0.3, 0.4) is 0 Å². The molecule has 0 saturated carbocycles. The normalized spacial score (nSPS) is 16.1. The number of hydrogen-bond acceptors (Lipinski definition) is 5. The van der Waals surface area contributed by atoms with E-state index in [4.69, 9.17) is 10.00 Å². The first-order chi connectivity index (χ1) is 16.5. The molecule has 10 heteroatoms. The van der Waals surface area contributed by atoms with Gasteiger partial charge in [-0.1, -0.05) is 17.2 Å². The number of amides is 2. The van der Waals surface area contributed by atoms with Gasteiger partial charge in [-0.2, -0.15) is 18.4 Å². The van der Waals surface area contributed by atoms with Crippen LogP contribution >= 0.6 is 0 Å². The summed E-state index contributed by atoms with van der Waals surface area (Å²) in [6.07, 6.45) is -4.70. The number of benzene rings is 2. The minimum Gasteiger partial charge on any atom is -0.383 e. The summed E-state index contributed by atoms with van der Waals surface area (Å²) in [4.78, 5) is 29.5. The van der Waals surface area contributed by atoms with Crippen LogP contribution in [0.1, 0.15) is 32.6 Å². The van der Waals surface area contributed by atoms with Crippen LogP contribution in [0.15, 0.2) is 36.4 Å². The molecule has 2 amide bonds. The summed E-state index contributed by atoms with van der Waals surface area (Å²) < 4.78 is 45.4. The van der Waals surface area contributed by atoms with Gasteiger partial charge in [0.15, 0.2) is 0 Å². The van der Waals surface area contributed by atoms with Crippen molar-refractivity contribution < 1.29 is 27.5 Å². The highest BCUT2D eigenvalue weighted by atomic mass is 19.4. The number of methoxy groups -OCH3 is 1. The molecule has 0 aromatic heterocycles. The number of nitrogens with zero attached hydrogens (tertiary/aromatic N) is 3. The Morgan fingerprint density at radius 1 is 1.14 bits per heavy atom. The minimum absolute atomic E-state index is 0.00144. The third-order valence-electron chi connectivity index (χ3n) is 5.81. The maximum absolute atomic E-state index is 13.5. The second-order valence-corrected chi connectivity index (χ2v) is 8.46. The number of carbonyl (C=O) groups is 2. The first-order valence-electron chi connectivity index (χ1n) is 11.1. The van der Waals surface area contributed by atoms with E-state index in [-0.39, 0.29) is 44.4 Å². The van der Waals surface area contributed by atoms with Gasteiger partial charge in [0.25, 0.3) is 5.91 Å². The zero-order valence-electron chi connectivity index (χ0n) is 19.8. The number of aryl methyl sites for hydroxylation is 2. The van der Waals surface area contributed by atoms with E-state index in [1.165, 1.54) is 18.1 Å². The highest BCUT2D eigenvalue weighted by Crippen LogP contribution is 2.35. The summed E-state index contributed by atoms with van der Waals surface area (Å²) in [5, 5.41) is 11.8. The maximum atomic E-state index is 13.5. The van der Waals surface area contributed by atoms with Crippen molar-refractivity contribution in [2.75, 3.05) is 44.8 Å². The fourth-order valence-electron chi connectivity index (χ4n) is 4.20. The molecule has 0 aliphatic carbocycles. The Bertz CT molecular complexity index is 1120. The smallest absolute Gasteiger partial charge is 0.383 e. The molecule has 7 nitrogen and oxygen atoms in total. The molecule has 1 N–H and O–H groups in total. The van der Waals surface area contributed by atoms with Crippen LogP contribution < -0.4 is 10.2 Å². The summed E-state index contributed by atoms with van der Waals surface area (Å²) in [7, 11) is 1.49. The second kappa shape index (κ2) is 10.8. The van der Waals surface area contributed by atoms with E-state index in [1.54, 1.807) is 23.1 Å². The predicted octanol–water partition coefficient (Wildman–Crippen LogP) is 3.29. The van der Waals surface area contributed by atoms with Crippen LogP contribution in [-0.4, -0.2) is 62.7 Å². The minimum atomic E-state index is -4.70. The average molecular weight is 489 g/mol. The Morgan fingerprint density at radius 2 is 1.83 bits per heavy atom. The number of nitriles is 1. The molecule has 1 fully saturated rings. The van der Waals surface area contributed by atoms with Crippen LogP contribution in [0.2, 0.25) is 0 Å². The molecule has 2 aromatic carbocycles. The molecule has 1 aliphatic heterocycles. The lowest BCUT2D eigenvalue weighted by Gasteiger charge is -2.41. The Balaban J connectivity index is 1.92. The molecular weight excluding hydrogens is 461 g/mol. The van der Waals surface area contributed by atoms with Gasteiger partial charge in [0.2, 0.25) is 5.91 Å². The van der Waals surface area contributed by atoms with E-state index in [1.807, 2.05) is 19.9 Å². The highest BCUT2D eigenvalue weighted by molar-refractivity contribution is 5.98. The van der Waals surface area contributed by atoms with Crippen molar-refractivity contribution in [3.8, 4) is 6.07 Å². The average Bonchev–Trinajstić information content (AvgIpc) is 2.81. The van der Waals surface area contributed by atoms with Crippen LogP contribution in [0.5, 0.6) is 0 Å². The predicted molar refractivity (Wildman–Crippen MR) is 124 cm³/mol. The van der Waals surface area contributed by atoms with Crippen LogP contribution in [0.25, 0.3) is 0 Å². The summed E-state index contributed by atoms with van der Waals surface area (Å²) >= 11 is 0. The van der Waals surface area contributed by atoms with Crippen molar-refractivity contribution in [1.82, 2.24) is 10.2 Å². The van der Waals surface area contributed by atoms with Gasteiger partial charge < -0.3 is 19.9 Å².